The molecule has 5 aliphatic rings. The van der Waals surface area contributed by atoms with Crippen LogP contribution in [0.4, 0.5) is 28.4 Å². The highest BCUT2D eigenvalue weighted by atomic mass is 16.3. The molecule has 9 aromatic rings. The van der Waals surface area contributed by atoms with Crippen LogP contribution in [-0.4, -0.2) is 6.85 Å². The molecule has 1 aromatic heterocycles. The second kappa shape index (κ2) is 11.6. The number of fused-ring (bicyclic) bond motifs is 17. The minimum Gasteiger partial charge on any atom is -0.456 e. The Bertz CT molecular complexity index is 3430. The number of benzene rings is 8. The predicted molar refractivity (Wildman–Crippen MR) is 258 cm³/mol. The van der Waals surface area contributed by atoms with E-state index in [-0.39, 0.29) is 17.7 Å². The SMILES string of the molecule is Cc1cc2c3c(c1)N1c4ccccc4C4(c5ccccc5-c5ccccc54)c4cccc(c41)B3N(c1ccc3c(c1)C(C)(C)CCC3(C)C)c1cc3c(cc1-2)oc1ccccc13. The van der Waals surface area contributed by atoms with E-state index in [0.29, 0.717) is 0 Å². The molecule has 4 heteroatoms. The molecule has 0 radical (unpaired) electrons. The van der Waals surface area contributed by atoms with Crippen LogP contribution < -0.4 is 20.6 Å². The normalized spacial score (nSPS) is 17.3. The van der Waals surface area contributed by atoms with Crippen molar-refractivity contribution in [2.24, 2.45) is 0 Å². The van der Waals surface area contributed by atoms with Gasteiger partial charge in [-0.2, -0.15) is 0 Å². The monoisotopic (exact) mass is 796 g/mol. The van der Waals surface area contributed by atoms with Crippen LogP contribution in [0.15, 0.2) is 162 Å². The summed E-state index contributed by atoms with van der Waals surface area (Å²) in [6.45, 7) is 11.9. The number of rotatable bonds is 1. The molecule has 296 valence electrons. The van der Waals surface area contributed by atoms with E-state index < -0.39 is 5.41 Å². The van der Waals surface area contributed by atoms with Crippen LogP contribution in [0.25, 0.3) is 44.2 Å². The Labute approximate surface area is 363 Å². The molecule has 0 fully saturated rings. The van der Waals surface area contributed by atoms with Gasteiger partial charge in [-0.25, -0.2) is 0 Å². The van der Waals surface area contributed by atoms with Gasteiger partial charge in [-0.05, 0) is 140 Å². The van der Waals surface area contributed by atoms with E-state index >= 15 is 0 Å². The van der Waals surface area contributed by atoms with Crippen LogP contribution in [0.2, 0.25) is 0 Å². The summed E-state index contributed by atoms with van der Waals surface area (Å²) >= 11 is 0. The molecule has 0 amide bonds. The van der Waals surface area contributed by atoms with Crippen LogP contribution in [0, 0.1) is 6.92 Å². The molecular formula is C58H45BN2O. The van der Waals surface area contributed by atoms with Gasteiger partial charge in [0.15, 0.2) is 0 Å². The molecule has 0 unspecified atom stereocenters. The number of anilines is 5. The molecule has 62 heavy (non-hydrogen) atoms. The molecular weight excluding hydrogens is 751 g/mol. The minimum absolute atomic E-state index is 0.0546. The van der Waals surface area contributed by atoms with Gasteiger partial charge in [0, 0.05) is 39.1 Å². The largest absolute Gasteiger partial charge is 0.456 e. The van der Waals surface area contributed by atoms with Crippen molar-refractivity contribution in [3.05, 3.63) is 197 Å². The Morgan fingerprint density at radius 3 is 1.95 bits per heavy atom. The number of hydrogen-bond acceptors (Lipinski definition) is 3. The predicted octanol–water partition coefficient (Wildman–Crippen LogP) is 13.6. The van der Waals surface area contributed by atoms with Gasteiger partial charge in [-0.3, -0.25) is 0 Å². The summed E-state index contributed by atoms with van der Waals surface area (Å²) in [4.78, 5) is 5.35. The molecule has 14 rings (SSSR count). The number of aryl methyl sites for hydroxylation is 1. The van der Waals surface area contributed by atoms with Gasteiger partial charge in [0.25, 0.3) is 0 Å². The van der Waals surface area contributed by atoms with Crippen molar-refractivity contribution in [1.82, 2.24) is 0 Å². The summed E-state index contributed by atoms with van der Waals surface area (Å²) in [6, 6.07) is 60.5. The van der Waals surface area contributed by atoms with Crippen molar-refractivity contribution in [1.29, 1.82) is 0 Å². The van der Waals surface area contributed by atoms with Crippen molar-refractivity contribution >= 4 is 68.1 Å². The first-order valence-corrected chi connectivity index (χ1v) is 22.4. The summed E-state index contributed by atoms with van der Waals surface area (Å²) in [6.07, 6.45) is 2.35. The average molecular weight is 797 g/mol. The van der Waals surface area contributed by atoms with Crippen LogP contribution in [-0.2, 0) is 16.2 Å². The maximum absolute atomic E-state index is 6.68. The zero-order chi connectivity index (χ0) is 41.4. The molecule has 0 bridgehead atoms. The van der Waals surface area contributed by atoms with E-state index in [4.69, 9.17) is 4.42 Å². The summed E-state index contributed by atoms with van der Waals surface area (Å²) in [5.74, 6) is 0. The van der Waals surface area contributed by atoms with Crippen LogP contribution in [0.1, 0.15) is 79.5 Å². The van der Waals surface area contributed by atoms with E-state index in [9.17, 15) is 0 Å². The molecule has 0 N–H and O–H groups in total. The van der Waals surface area contributed by atoms with Gasteiger partial charge in [-0.1, -0.05) is 143 Å². The minimum atomic E-state index is -0.490. The second-order valence-corrected chi connectivity index (χ2v) is 19.9. The number of hydrogen-bond donors (Lipinski definition) is 0. The van der Waals surface area contributed by atoms with Gasteiger partial charge in [0.05, 0.1) is 11.1 Å². The Kier molecular flexibility index (Phi) is 6.51. The quantitative estimate of drug-likeness (QED) is 0.154. The zero-order valence-corrected chi connectivity index (χ0v) is 35.8. The van der Waals surface area contributed by atoms with Crippen LogP contribution >= 0.6 is 0 Å². The Morgan fingerprint density at radius 2 is 1.16 bits per heavy atom. The van der Waals surface area contributed by atoms with E-state index in [2.05, 4.69) is 202 Å². The van der Waals surface area contributed by atoms with Crippen molar-refractivity contribution in [2.45, 2.75) is 63.7 Å². The Balaban J connectivity index is 1.13. The number of furan rings is 1. The maximum atomic E-state index is 6.68. The fourth-order valence-electron chi connectivity index (χ4n) is 12.9. The molecule has 0 saturated heterocycles. The van der Waals surface area contributed by atoms with Gasteiger partial charge < -0.3 is 14.1 Å². The Hall–Kier alpha value is -6.78. The third-order valence-corrected chi connectivity index (χ3v) is 15.7. The summed E-state index contributed by atoms with van der Waals surface area (Å²) in [5.41, 5.74) is 25.2. The lowest BCUT2D eigenvalue weighted by Gasteiger charge is -2.51. The van der Waals surface area contributed by atoms with Gasteiger partial charge in [-0.15, -0.1) is 0 Å². The van der Waals surface area contributed by atoms with Crippen molar-refractivity contribution in [3.63, 3.8) is 0 Å². The summed E-state index contributed by atoms with van der Waals surface area (Å²) < 4.78 is 6.68. The average Bonchev–Trinajstić information content (AvgIpc) is 3.80. The van der Waals surface area contributed by atoms with E-state index in [1.54, 1.807) is 0 Å². The molecule has 1 spiro atoms. The molecule has 8 aromatic carbocycles. The van der Waals surface area contributed by atoms with Crippen LogP contribution in [0.3, 0.4) is 0 Å². The molecule has 4 heterocycles. The van der Waals surface area contributed by atoms with Crippen molar-refractivity contribution < 1.29 is 4.42 Å². The fourth-order valence-corrected chi connectivity index (χ4v) is 12.9. The molecule has 0 saturated carbocycles. The fraction of sp³-hybridized carbons (Fsp3) is 0.172. The maximum Gasteiger partial charge on any atom is 0.333 e. The van der Waals surface area contributed by atoms with Gasteiger partial charge in [0.2, 0.25) is 0 Å². The lowest BCUT2D eigenvalue weighted by molar-refractivity contribution is 0.332. The number of para-hydroxylation sites is 3. The van der Waals surface area contributed by atoms with Crippen molar-refractivity contribution in [2.75, 3.05) is 9.71 Å². The first-order chi connectivity index (χ1) is 30.1. The molecule has 3 aliphatic heterocycles. The molecule has 3 nitrogen and oxygen atoms in total. The lowest BCUT2D eigenvalue weighted by Crippen LogP contribution is -2.62. The highest BCUT2D eigenvalue weighted by Gasteiger charge is 2.56. The number of nitrogens with zero attached hydrogens (tertiary/aromatic N) is 2. The lowest BCUT2D eigenvalue weighted by atomic mass is 9.42. The first-order valence-electron chi connectivity index (χ1n) is 22.4. The summed E-state index contributed by atoms with van der Waals surface area (Å²) in [5, 5.41) is 2.30. The molecule has 2 aliphatic carbocycles. The topological polar surface area (TPSA) is 19.6 Å². The van der Waals surface area contributed by atoms with E-state index in [1.165, 1.54) is 107 Å². The smallest absolute Gasteiger partial charge is 0.333 e. The highest BCUT2D eigenvalue weighted by molar-refractivity contribution is 6.93. The highest BCUT2D eigenvalue weighted by Crippen LogP contribution is 2.64. The third-order valence-electron chi connectivity index (χ3n) is 15.7. The van der Waals surface area contributed by atoms with Gasteiger partial charge >= 0.3 is 6.85 Å². The van der Waals surface area contributed by atoms with E-state index in [0.717, 1.165) is 28.4 Å². The molecule has 0 atom stereocenters. The Morgan fingerprint density at radius 1 is 0.484 bits per heavy atom. The van der Waals surface area contributed by atoms with Crippen LogP contribution in [0.5, 0.6) is 0 Å². The third kappa shape index (κ3) is 4.14. The standard InChI is InChI=1S/C58H45BN2O/c1-34-29-41-39-33-53-40(38-17-8-13-24-52(38)62-53)32-50(39)61(35-25-26-44-47(31-35)57(4,5)28-27-56(44,2)3)59-48-22-14-21-46-55(48)60(51(30-34)54(41)59)49-23-12-11-20-45(49)58(46)42-18-9-6-15-36(42)37-16-7-10-19-43(37)58/h6-26,29-33H,27-28H2,1-5H3. The van der Waals surface area contributed by atoms with Gasteiger partial charge in [0.1, 0.15) is 11.2 Å². The zero-order valence-electron chi connectivity index (χ0n) is 35.8. The second-order valence-electron chi connectivity index (χ2n) is 19.9. The van der Waals surface area contributed by atoms with E-state index in [1.807, 2.05) is 0 Å². The summed E-state index contributed by atoms with van der Waals surface area (Å²) in [7, 11) is 0. The first kappa shape index (κ1) is 34.9. The van der Waals surface area contributed by atoms with Crippen molar-refractivity contribution in [3.8, 4) is 22.3 Å².